The lowest BCUT2D eigenvalue weighted by atomic mass is 9.84. The Bertz CT molecular complexity index is 978. The molecule has 1 aliphatic heterocycles. The molecule has 1 aromatic carbocycles. The highest BCUT2D eigenvalue weighted by molar-refractivity contribution is 6.34. The van der Waals surface area contributed by atoms with E-state index >= 15 is 0 Å². The maximum Gasteiger partial charge on any atom is 0.338 e. The van der Waals surface area contributed by atoms with Gasteiger partial charge in [-0.25, -0.2) is 9.18 Å². The van der Waals surface area contributed by atoms with Crippen molar-refractivity contribution in [1.82, 2.24) is 4.90 Å². The summed E-state index contributed by atoms with van der Waals surface area (Å²) in [6, 6.07) is 5.78. The highest BCUT2D eigenvalue weighted by atomic mass is 35.5. The quantitative estimate of drug-likeness (QED) is 0.449. The Balaban J connectivity index is 1.42. The Morgan fingerprint density at radius 2 is 1.85 bits per heavy atom. The predicted octanol–water partition coefficient (Wildman–Crippen LogP) is 6.21. The van der Waals surface area contributed by atoms with E-state index in [4.69, 9.17) is 32.7 Å². The molecule has 2 fully saturated rings. The van der Waals surface area contributed by atoms with Crippen molar-refractivity contribution in [2.45, 2.75) is 57.3 Å². The van der Waals surface area contributed by atoms with E-state index in [0.29, 0.717) is 16.7 Å². The topological polar surface area (TPSA) is 59.0 Å². The number of nitrogens with zero attached hydrogens (tertiary/aromatic N) is 1. The molecule has 0 spiro atoms. The van der Waals surface area contributed by atoms with Gasteiger partial charge in [-0.05, 0) is 73.9 Å². The molecule has 0 amide bonds. The van der Waals surface area contributed by atoms with Gasteiger partial charge in [0.1, 0.15) is 5.83 Å². The zero-order valence-electron chi connectivity index (χ0n) is 19.8. The van der Waals surface area contributed by atoms with Crippen molar-refractivity contribution in [1.29, 1.82) is 0 Å². The summed E-state index contributed by atoms with van der Waals surface area (Å²) < 4.78 is 27.1. The maximum atomic E-state index is 14.8. The van der Waals surface area contributed by atoms with Crippen LogP contribution in [0.5, 0.6) is 0 Å². The van der Waals surface area contributed by atoms with E-state index in [9.17, 15) is 14.3 Å². The van der Waals surface area contributed by atoms with E-state index in [2.05, 4.69) is 11.8 Å². The average Bonchev–Trinajstić information content (AvgIpc) is 3.64. The number of ether oxygens (including phenoxy) is 2. The number of aliphatic carboxylic acids is 1. The van der Waals surface area contributed by atoms with Crippen molar-refractivity contribution in [3.8, 4) is 0 Å². The SMILES string of the molecule is COC1(COC2C(C3CC3)=CC(C(=O)O)=C(F)C2C)CCN(C(C)c2cc(Cl)cc(Cl)c2)CC1. The van der Waals surface area contributed by atoms with Crippen molar-refractivity contribution >= 4 is 29.2 Å². The van der Waals surface area contributed by atoms with Crippen LogP contribution < -0.4 is 0 Å². The molecule has 8 heteroatoms. The summed E-state index contributed by atoms with van der Waals surface area (Å²) in [4.78, 5) is 13.9. The summed E-state index contributed by atoms with van der Waals surface area (Å²) in [5, 5.41) is 10.7. The van der Waals surface area contributed by atoms with Crippen LogP contribution in [-0.2, 0) is 14.3 Å². The lowest BCUT2D eigenvalue weighted by molar-refractivity contribution is -0.133. The molecule has 186 valence electrons. The van der Waals surface area contributed by atoms with Gasteiger partial charge >= 0.3 is 5.97 Å². The van der Waals surface area contributed by atoms with Crippen LogP contribution in [0, 0.1) is 11.8 Å². The molecular weight excluding hydrogens is 480 g/mol. The van der Waals surface area contributed by atoms with Crippen LogP contribution >= 0.6 is 23.2 Å². The number of carboxylic acids is 1. The van der Waals surface area contributed by atoms with E-state index in [1.54, 1.807) is 20.1 Å². The third kappa shape index (κ3) is 5.36. The van der Waals surface area contributed by atoms with Gasteiger partial charge in [0, 0.05) is 42.2 Å². The average molecular weight is 512 g/mol. The monoisotopic (exact) mass is 511 g/mol. The van der Waals surface area contributed by atoms with Crippen LogP contribution in [0.15, 0.2) is 41.2 Å². The first kappa shape index (κ1) is 25.6. The number of halogens is 3. The van der Waals surface area contributed by atoms with Crippen molar-refractivity contribution in [2.75, 3.05) is 26.8 Å². The fourth-order valence-electron chi connectivity index (χ4n) is 5.15. The maximum absolute atomic E-state index is 14.8. The number of carboxylic acid groups (broad SMARTS) is 1. The van der Waals surface area contributed by atoms with Gasteiger partial charge in [-0.15, -0.1) is 0 Å². The number of benzene rings is 1. The van der Waals surface area contributed by atoms with Gasteiger partial charge in [0.05, 0.1) is 23.9 Å². The zero-order chi connectivity index (χ0) is 24.6. The minimum atomic E-state index is -1.23. The molecule has 0 bridgehead atoms. The van der Waals surface area contributed by atoms with Crippen LogP contribution in [0.1, 0.15) is 51.1 Å². The van der Waals surface area contributed by atoms with Gasteiger partial charge in [-0.2, -0.15) is 0 Å². The Kier molecular flexibility index (Phi) is 7.75. The van der Waals surface area contributed by atoms with Crippen molar-refractivity contribution < 1.29 is 23.8 Å². The van der Waals surface area contributed by atoms with Crippen LogP contribution in [-0.4, -0.2) is 54.5 Å². The molecule has 3 aliphatic rings. The summed E-state index contributed by atoms with van der Waals surface area (Å²) in [6.45, 7) is 5.81. The number of methoxy groups -OCH3 is 1. The lowest BCUT2D eigenvalue weighted by Crippen LogP contribution is -2.50. The molecule has 3 unspecified atom stereocenters. The zero-order valence-corrected chi connectivity index (χ0v) is 21.3. The summed E-state index contributed by atoms with van der Waals surface area (Å²) in [7, 11) is 1.70. The van der Waals surface area contributed by atoms with E-state index in [0.717, 1.165) is 49.9 Å². The van der Waals surface area contributed by atoms with Gasteiger partial charge in [0.25, 0.3) is 0 Å². The first-order valence-corrected chi connectivity index (χ1v) is 12.6. The normalized spacial score (nSPS) is 26.4. The number of carbonyl (C=O) groups is 1. The van der Waals surface area contributed by atoms with Crippen molar-refractivity contribution in [2.24, 2.45) is 11.8 Å². The molecule has 1 saturated heterocycles. The molecule has 3 atom stereocenters. The fourth-order valence-corrected chi connectivity index (χ4v) is 5.69. The Hall–Kier alpha value is -1.44. The largest absolute Gasteiger partial charge is 0.478 e. The first-order chi connectivity index (χ1) is 16.1. The first-order valence-electron chi connectivity index (χ1n) is 11.9. The Morgan fingerprint density at radius 3 is 2.38 bits per heavy atom. The minimum Gasteiger partial charge on any atom is -0.478 e. The second-order valence-electron chi connectivity index (χ2n) is 9.81. The van der Waals surface area contributed by atoms with E-state index in [1.807, 2.05) is 12.1 Å². The molecule has 1 saturated carbocycles. The lowest BCUT2D eigenvalue weighted by Gasteiger charge is -2.44. The number of hydrogen-bond acceptors (Lipinski definition) is 4. The number of hydrogen-bond donors (Lipinski definition) is 1. The Morgan fingerprint density at radius 1 is 1.24 bits per heavy atom. The highest BCUT2D eigenvalue weighted by Crippen LogP contribution is 2.46. The highest BCUT2D eigenvalue weighted by Gasteiger charge is 2.43. The number of rotatable bonds is 8. The second kappa shape index (κ2) is 10.3. The third-order valence-electron chi connectivity index (χ3n) is 7.61. The summed E-state index contributed by atoms with van der Waals surface area (Å²) in [6.07, 6.45) is 4.55. The second-order valence-corrected chi connectivity index (χ2v) is 10.7. The van der Waals surface area contributed by atoms with Crippen LogP contribution in [0.2, 0.25) is 10.0 Å². The Labute approximate surface area is 210 Å². The van der Waals surface area contributed by atoms with E-state index in [1.165, 1.54) is 6.08 Å². The molecule has 1 heterocycles. The summed E-state index contributed by atoms with van der Waals surface area (Å²) in [5.74, 6) is -2.19. The van der Waals surface area contributed by atoms with Gasteiger partial charge < -0.3 is 14.6 Å². The summed E-state index contributed by atoms with van der Waals surface area (Å²) >= 11 is 12.4. The molecule has 1 N–H and O–H groups in total. The third-order valence-corrected chi connectivity index (χ3v) is 8.05. The van der Waals surface area contributed by atoms with Gasteiger partial charge in [0.15, 0.2) is 0 Å². The van der Waals surface area contributed by atoms with Gasteiger partial charge in [-0.1, -0.05) is 30.1 Å². The van der Waals surface area contributed by atoms with Gasteiger partial charge in [0.2, 0.25) is 0 Å². The number of likely N-dealkylation sites (tertiary alicyclic amines) is 1. The molecule has 5 nitrogen and oxygen atoms in total. The van der Waals surface area contributed by atoms with E-state index in [-0.39, 0.29) is 17.5 Å². The van der Waals surface area contributed by atoms with Crippen molar-refractivity contribution in [3.05, 3.63) is 56.9 Å². The standard InChI is InChI=1S/C26H32Cl2FNO4/c1-15-23(29)22(25(31)32)13-21(17-4-5-17)24(15)34-14-26(33-3)6-8-30(9-7-26)16(2)18-10-19(27)12-20(28)11-18/h10-13,15-17,24H,4-9,14H2,1-3H3,(H,31,32). The van der Waals surface area contributed by atoms with Crippen LogP contribution in [0.25, 0.3) is 0 Å². The molecule has 0 radical (unpaired) electrons. The molecular formula is C26H32Cl2FNO4. The summed E-state index contributed by atoms with van der Waals surface area (Å²) in [5.41, 5.74) is 1.27. The molecule has 2 aliphatic carbocycles. The molecule has 4 rings (SSSR count). The molecule has 34 heavy (non-hydrogen) atoms. The molecule has 1 aromatic rings. The predicted molar refractivity (Wildman–Crippen MR) is 131 cm³/mol. The smallest absolute Gasteiger partial charge is 0.338 e. The fraction of sp³-hybridized carbons (Fsp3) is 0.577. The van der Waals surface area contributed by atoms with Crippen LogP contribution in [0.4, 0.5) is 4.39 Å². The van der Waals surface area contributed by atoms with Crippen LogP contribution in [0.3, 0.4) is 0 Å². The van der Waals surface area contributed by atoms with E-state index < -0.39 is 29.4 Å². The number of piperidine rings is 1. The minimum absolute atomic E-state index is 0.156. The van der Waals surface area contributed by atoms with Crippen molar-refractivity contribution in [3.63, 3.8) is 0 Å². The van der Waals surface area contributed by atoms with Gasteiger partial charge in [-0.3, -0.25) is 4.90 Å². The molecule has 0 aromatic heterocycles.